The second-order valence-electron chi connectivity index (χ2n) is 6.81. The third kappa shape index (κ3) is 5.22. The van der Waals surface area contributed by atoms with Crippen LogP contribution < -0.4 is 10.1 Å². The zero-order chi connectivity index (χ0) is 22.6. The minimum atomic E-state index is -4.46. The number of carbonyl (C=O) groups is 1. The molecular weight excluding hydrogens is 409 g/mol. The number of ether oxygens (including phenoxy) is 1. The summed E-state index contributed by atoms with van der Waals surface area (Å²) in [5.41, 5.74) is 1.77. The van der Waals surface area contributed by atoms with Gasteiger partial charge < -0.3 is 10.1 Å². The lowest BCUT2D eigenvalue weighted by Gasteiger charge is -2.10. The van der Waals surface area contributed by atoms with Crippen molar-refractivity contribution < 1.29 is 22.7 Å². The molecule has 0 bridgehead atoms. The minimum absolute atomic E-state index is 0.0000907. The lowest BCUT2D eigenvalue weighted by molar-refractivity contribution is -0.137. The van der Waals surface area contributed by atoms with Crippen LogP contribution in [0.3, 0.4) is 0 Å². The molecule has 3 aromatic rings. The molecule has 0 fully saturated rings. The van der Waals surface area contributed by atoms with Gasteiger partial charge >= 0.3 is 6.18 Å². The van der Waals surface area contributed by atoms with E-state index < -0.39 is 11.7 Å². The molecule has 0 spiro atoms. The molecule has 0 aliphatic carbocycles. The van der Waals surface area contributed by atoms with E-state index in [9.17, 15) is 18.0 Å². The highest BCUT2D eigenvalue weighted by Crippen LogP contribution is 2.31. The zero-order valence-electron chi connectivity index (χ0n) is 16.8. The van der Waals surface area contributed by atoms with Crippen molar-refractivity contribution in [2.75, 3.05) is 11.9 Å². The second-order valence-corrected chi connectivity index (χ2v) is 6.81. The number of alkyl halides is 3. The molecule has 1 N–H and O–H groups in total. The van der Waals surface area contributed by atoms with Gasteiger partial charge in [0, 0.05) is 23.0 Å². The third-order valence-corrected chi connectivity index (χ3v) is 4.62. The zero-order valence-corrected chi connectivity index (χ0v) is 16.8. The highest BCUT2D eigenvalue weighted by Gasteiger charge is 2.30. The van der Waals surface area contributed by atoms with Crippen LogP contribution in [0, 0.1) is 25.2 Å². The molecule has 1 heterocycles. The number of nitrogens with one attached hydrogen (secondary N) is 1. The maximum absolute atomic E-state index is 13.0. The number of amides is 1. The lowest BCUT2D eigenvalue weighted by Crippen LogP contribution is -2.15. The fourth-order valence-electron chi connectivity index (χ4n) is 3.14. The van der Waals surface area contributed by atoms with Crippen LogP contribution in [-0.2, 0) is 17.4 Å². The summed E-state index contributed by atoms with van der Waals surface area (Å²) in [6, 6.07) is 13.4. The maximum atomic E-state index is 13.0. The third-order valence-electron chi connectivity index (χ3n) is 4.62. The molecule has 0 atom stereocenters. The predicted molar refractivity (Wildman–Crippen MR) is 108 cm³/mol. The first kappa shape index (κ1) is 21.9. The quantitative estimate of drug-likeness (QED) is 0.623. The number of anilines is 1. The van der Waals surface area contributed by atoms with Gasteiger partial charge in [-0.15, -0.1) is 0 Å². The Kier molecular flexibility index (Phi) is 6.30. The van der Waals surface area contributed by atoms with Gasteiger partial charge in [-0.3, -0.25) is 4.79 Å². The Morgan fingerprint density at radius 2 is 1.94 bits per heavy atom. The van der Waals surface area contributed by atoms with Crippen molar-refractivity contribution in [3.8, 4) is 17.5 Å². The average Bonchev–Trinajstić information content (AvgIpc) is 3.00. The van der Waals surface area contributed by atoms with Crippen LogP contribution in [0.1, 0.15) is 22.5 Å². The van der Waals surface area contributed by atoms with Gasteiger partial charge in [-0.2, -0.15) is 23.5 Å². The van der Waals surface area contributed by atoms with Crippen molar-refractivity contribution in [2.45, 2.75) is 26.4 Å². The molecule has 0 saturated heterocycles. The van der Waals surface area contributed by atoms with Crippen molar-refractivity contribution in [1.82, 2.24) is 9.78 Å². The summed E-state index contributed by atoms with van der Waals surface area (Å²) in [7, 11) is 0. The number of aromatic nitrogens is 2. The summed E-state index contributed by atoms with van der Waals surface area (Å²) in [6.45, 7) is 3.31. The monoisotopic (exact) mass is 428 g/mol. The fourth-order valence-corrected chi connectivity index (χ4v) is 3.14. The number of hydrogen-bond donors (Lipinski definition) is 1. The van der Waals surface area contributed by atoms with E-state index in [1.165, 1.54) is 16.8 Å². The number of rotatable bonds is 6. The van der Waals surface area contributed by atoms with Gasteiger partial charge in [0.15, 0.2) is 6.61 Å². The predicted octanol–water partition coefficient (Wildman–Crippen LogP) is 4.59. The Labute approximate surface area is 176 Å². The summed E-state index contributed by atoms with van der Waals surface area (Å²) < 4.78 is 45.7. The molecule has 160 valence electrons. The van der Waals surface area contributed by atoms with E-state index in [0.717, 1.165) is 12.1 Å². The maximum Gasteiger partial charge on any atom is 0.416 e. The van der Waals surface area contributed by atoms with Gasteiger partial charge in [0.1, 0.15) is 11.8 Å². The van der Waals surface area contributed by atoms with Crippen LogP contribution in [0.4, 0.5) is 18.9 Å². The molecule has 6 nitrogen and oxygen atoms in total. The highest BCUT2D eigenvalue weighted by molar-refractivity contribution is 5.92. The number of nitrogens with zero attached hydrogens (tertiary/aromatic N) is 3. The summed E-state index contributed by atoms with van der Waals surface area (Å²) in [5, 5.41) is 15.7. The van der Waals surface area contributed by atoms with Crippen LogP contribution in [0.5, 0.6) is 5.75 Å². The minimum Gasteiger partial charge on any atom is -0.479 e. The number of benzene rings is 2. The van der Waals surface area contributed by atoms with Gasteiger partial charge in [0.05, 0.1) is 23.4 Å². The van der Waals surface area contributed by atoms with Gasteiger partial charge in [-0.05, 0) is 44.2 Å². The number of carbonyl (C=O) groups excluding carboxylic acids is 1. The second kappa shape index (κ2) is 8.92. The molecular formula is C22H19F3N4O2. The van der Waals surface area contributed by atoms with Crippen molar-refractivity contribution >= 4 is 11.6 Å². The molecule has 1 aromatic heterocycles. The standard InChI is InChI=1S/C22H19F3N4O2/c1-14-20(13-21(30)27-17-6-4-8-19(12-17)31-10-9-26)15(2)29(28-14)18-7-3-5-16(11-18)22(23,24)25/h3-8,11-12H,10,13H2,1-2H3,(H,27,30). The van der Waals surface area contributed by atoms with Crippen molar-refractivity contribution in [3.05, 3.63) is 71.0 Å². The number of aryl methyl sites for hydroxylation is 1. The van der Waals surface area contributed by atoms with E-state index >= 15 is 0 Å². The SMILES string of the molecule is Cc1nn(-c2cccc(C(F)(F)F)c2)c(C)c1CC(=O)Nc1cccc(OCC#N)c1. The van der Waals surface area contributed by atoms with E-state index in [0.29, 0.717) is 28.4 Å². The molecule has 9 heteroatoms. The van der Waals surface area contributed by atoms with Crippen LogP contribution >= 0.6 is 0 Å². The smallest absolute Gasteiger partial charge is 0.416 e. The van der Waals surface area contributed by atoms with E-state index in [-0.39, 0.29) is 24.6 Å². The number of hydrogen-bond acceptors (Lipinski definition) is 4. The molecule has 0 unspecified atom stereocenters. The first-order chi connectivity index (χ1) is 14.7. The van der Waals surface area contributed by atoms with E-state index in [1.807, 2.05) is 6.07 Å². The Morgan fingerprint density at radius 3 is 2.65 bits per heavy atom. The number of nitriles is 1. The molecule has 0 radical (unpaired) electrons. The molecule has 0 aliphatic rings. The van der Waals surface area contributed by atoms with E-state index in [1.54, 1.807) is 38.1 Å². The molecule has 2 aromatic carbocycles. The van der Waals surface area contributed by atoms with Gasteiger partial charge in [-0.1, -0.05) is 12.1 Å². The normalized spacial score (nSPS) is 11.1. The van der Waals surface area contributed by atoms with E-state index in [2.05, 4.69) is 10.4 Å². The van der Waals surface area contributed by atoms with Gasteiger partial charge in [0.25, 0.3) is 0 Å². The largest absolute Gasteiger partial charge is 0.479 e. The Morgan fingerprint density at radius 1 is 1.19 bits per heavy atom. The average molecular weight is 428 g/mol. The molecule has 0 aliphatic heterocycles. The summed E-state index contributed by atoms with van der Waals surface area (Å²) in [6.07, 6.45) is -4.46. The van der Waals surface area contributed by atoms with Crippen molar-refractivity contribution in [3.63, 3.8) is 0 Å². The van der Waals surface area contributed by atoms with Crippen LogP contribution in [0.15, 0.2) is 48.5 Å². The van der Waals surface area contributed by atoms with Crippen LogP contribution in [0.25, 0.3) is 5.69 Å². The topological polar surface area (TPSA) is 79.9 Å². The fraction of sp³-hybridized carbons (Fsp3) is 0.227. The Hall–Kier alpha value is -3.80. The lowest BCUT2D eigenvalue weighted by atomic mass is 10.1. The first-order valence-corrected chi connectivity index (χ1v) is 9.31. The van der Waals surface area contributed by atoms with Crippen LogP contribution in [-0.4, -0.2) is 22.3 Å². The molecule has 3 rings (SSSR count). The summed E-state index contributed by atoms with van der Waals surface area (Å²) in [5.74, 6) is 0.135. The van der Waals surface area contributed by atoms with Crippen molar-refractivity contribution in [2.24, 2.45) is 0 Å². The van der Waals surface area contributed by atoms with E-state index in [4.69, 9.17) is 10.00 Å². The van der Waals surface area contributed by atoms with Gasteiger partial charge in [-0.25, -0.2) is 4.68 Å². The molecule has 31 heavy (non-hydrogen) atoms. The summed E-state index contributed by atoms with van der Waals surface area (Å²) in [4.78, 5) is 12.6. The Balaban J connectivity index is 1.79. The first-order valence-electron chi connectivity index (χ1n) is 9.31. The number of halogens is 3. The van der Waals surface area contributed by atoms with Crippen molar-refractivity contribution in [1.29, 1.82) is 5.26 Å². The molecule has 1 amide bonds. The highest BCUT2D eigenvalue weighted by atomic mass is 19.4. The summed E-state index contributed by atoms with van der Waals surface area (Å²) >= 11 is 0. The van der Waals surface area contributed by atoms with Crippen LogP contribution in [0.2, 0.25) is 0 Å². The Bertz CT molecular complexity index is 1150. The molecule has 0 saturated carbocycles. The van der Waals surface area contributed by atoms with Gasteiger partial charge in [0.2, 0.25) is 5.91 Å².